The number of methoxy groups -OCH3 is 2. The molecule has 34 heavy (non-hydrogen) atoms. The van der Waals surface area contributed by atoms with Gasteiger partial charge in [-0.25, -0.2) is 0 Å². The monoisotopic (exact) mass is 464 g/mol. The van der Waals surface area contributed by atoms with E-state index in [1.807, 2.05) is 45.0 Å². The van der Waals surface area contributed by atoms with Gasteiger partial charge in [-0.05, 0) is 41.8 Å². The summed E-state index contributed by atoms with van der Waals surface area (Å²) in [6.07, 6.45) is 0.651. The number of rotatable bonds is 3. The molecule has 0 bridgehead atoms. The van der Waals surface area contributed by atoms with E-state index in [2.05, 4.69) is 4.98 Å². The highest BCUT2D eigenvalue weighted by molar-refractivity contribution is 5.85. The number of aromatic nitrogens is 1. The van der Waals surface area contributed by atoms with Crippen LogP contribution >= 0.6 is 0 Å². The van der Waals surface area contributed by atoms with Crippen LogP contribution in [0.1, 0.15) is 43.5 Å². The van der Waals surface area contributed by atoms with E-state index in [0.29, 0.717) is 47.0 Å². The molecule has 0 unspecified atom stereocenters. The van der Waals surface area contributed by atoms with Gasteiger partial charge in [-0.15, -0.1) is 0 Å². The van der Waals surface area contributed by atoms with E-state index in [-0.39, 0.29) is 18.3 Å². The Hall–Kier alpha value is -3.68. The van der Waals surface area contributed by atoms with E-state index in [4.69, 9.17) is 18.9 Å². The molecule has 178 valence electrons. The number of hydrogen-bond acceptors (Lipinski definition) is 6. The summed E-state index contributed by atoms with van der Waals surface area (Å²) in [4.78, 5) is 31.7. The second-order valence-electron chi connectivity index (χ2n) is 9.65. The van der Waals surface area contributed by atoms with Crippen molar-refractivity contribution in [3.05, 3.63) is 57.4 Å². The fraction of sp³-hybridized carbons (Fsp3) is 0.385. The van der Waals surface area contributed by atoms with Crippen molar-refractivity contribution in [1.82, 2.24) is 9.88 Å². The largest absolute Gasteiger partial charge is 0.493 e. The predicted molar refractivity (Wildman–Crippen MR) is 127 cm³/mol. The van der Waals surface area contributed by atoms with Crippen LogP contribution in [-0.4, -0.2) is 43.3 Å². The Labute approximate surface area is 197 Å². The molecule has 1 amide bonds. The standard InChI is InChI=1S/C26H28N2O6/c1-26(2,3)25(30)28-7-6-14-9-19(31-4)20(32-5)11-16(14)23(28)17-8-15-10-21-22(34-13-33-21)12-18(15)27-24(17)29/h8-12,23H,6-7,13H2,1-5H3,(H,27,29)/t23-/m0/s1. The SMILES string of the molecule is COc1cc2c(cc1OC)[C@@H](c1cc3cc4c(cc3[nH]c1=O)OCO4)N(C(=O)C(C)(C)C)CC2. The van der Waals surface area contributed by atoms with Crippen molar-refractivity contribution >= 4 is 16.8 Å². The summed E-state index contributed by atoms with van der Waals surface area (Å²) in [7, 11) is 3.17. The fourth-order valence-electron chi connectivity index (χ4n) is 4.75. The maximum atomic E-state index is 13.5. The van der Waals surface area contributed by atoms with Crippen molar-refractivity contribution in [1.29, 1.82) is 0 Å². The average Bonchev–Trinajstić information content (AvgIpc) is 3.26. The molecule has 1 N–H and O–H groups in total. The molecule has 8 heteroatoms. The van der Waals surface area contributed by atoms with Gasteiger partial charge in [0.2, 0.25) is 12.7 Å². The van der Waals surface area contributed by atoms with Gasteiger partial charge in [0.1, 0.15) is 0 Å². The summed E-state index contributed by atoms with van der Waals surface area (Å²) in [6, 6.07) is 8.70. The van der Waals surface area contributed by atoms with E-state index >= 15 is 0 Å². The number of benzene rings is 2. The fourth-order valence-corrected chi connectivity index (χ4v) is 4.75. The first kappa shape index (κ1) is 22.1. The molecule has 5 rings (SSSR count). The van der Waals surface area contributed by atoms with E-state index in [0.717, 1.165) is 16.5 Å². The number of H-pyrrole nitrogens is 1. The zero-order valence-corrected chi connectivity index (χ0v) is 20.0. The third kappa shape index (κ3) is 3.54. The van der Waals surface area contributed by atoms with Gasteiger partial charge >= 0.3 is 0 Å². The molecule has 2 aliphatic rings. The topological polar surface area (TPSA) is 90.1 Å². The molecule has 0 spiro atoms. The number of ether oxygens (including phenoxy) is 4. The minimum absolute atomic E-state index is 0.0249. The first-order valence-electron chi connectivity index (χ1n) is 11.2. The number of carbonyl (C=O) groups excluding carboxylic acids is 1. The lowest BCUT2D eigenvalue weighted by Gasteiger charge is -2.40. The maximum Gasteiger partial charge on any atom is 0.254 e. The van der Waals surface area contributed by atoms with Gasteiger partial charge in [0.05, 0.1) is 25.8 Å². The van der Waals surface area contributed by atoms with E-state index in [1.54, 1.807) is 25.2 Å². The highest BCUT2D eigenvalue weighted by Crippen LogP contribution is 2.42. The third-order valence-corrected chi connectivity index (χ3v) is 6.44. The highest BCUT2D eigenvalue weighted by atomic mass is 16.7. The maximum absolute atomic E-state index is 13.5. The van der Waals surface area contributed by atoms with Crippen LogP contribution in [0.15, 0.2) is 35.1 Å². The Morgan fingerprint density at radius 2 is 1.68 bits per heavy atom. The van der Waals surface area contributed by atoms with Crippen molar-refractivity contribution < 1.29 is 23.7 Å². The Kier molecular flexibility index (Phi) is 5.19. The second-order valence-corrected chi connectivity index (χ2v) is 9.65. The van der Waals surface area contributed by atoms with E-state index < -0.39 is 11.5 Å². The molecule has 8 nitrogen and oxygen atoms in total. The van der Waals surface area contributed by atoms with Gasteiger partial charge in [0, 0.05) is 29.0 Å². The summed E-state index contributed by atoms with van der Waals surface area (Å²) in [5.41, 5.74) is 2.14. The molecule has 0 fully saturated rings. The first-order chi connectivity index (χ1) is 16.2. The number of amides is 1. The van der Waals surface area contributed by atoms with Gasteiger partial charge in [-0.1, -0.05) is 20.8 Å². The Bertz CT molecular complexity index is 1350. The van der Waals surface area contributed by atoms with Crippen LogP contribution < -0.4 is 24.5 Å². The van der Waals surface area contributed by atoms with Crippen LogP contribution in [0.3, 0.4) is 0 Å². The van der Waals surface area contributed by atoms with Crippen molar-refractivity contribution in [2.75, 3.05) is 27.6 Å². The molecule has 0 saturated carbocycles. The lowest BCUT2D eigenvalue weighted by Crippen LogP contribution is -2.47. The van der Waals surface area contributed by atoms with E-state index in [1.165, 1.54) is 0 Å². The van der Waals surface area contributed by atoms with E-state index in [9.17, 15) is 9.59 Å². The Balaban J connectivity index is 1.74. The normalized spacial score (nSPS) is 17.0. The predicted octanol–water partition coefficient (Wildman–Crippen LogP) is 3.79. The van der Waals surface area contributed by atoms with Crippen molar-refractivity contribution in [3.63, 3.8) is 0 Å². The van der Waals surface area contributed by atoms with Crippen LogP contribution in [-0.2, 0) is 11.2 Å². The van der Waals surface area contributed by atoms with Gasteiger partial charge in [0.25, 0.3) is 5.56 Å². The van der Waals surface area contributed by atoms with Crippen LogP contribution in [0.5, 0.6) is 23.0 Å². The third-order valence-electron chi connectivity index (χ3n) is 6.44. The van der Waals surface area contributed by atoms with Gasteiger partial charge < -0.3 is 28.8 Å². The minimum atomic E-state index is -0.609. The van der Waals surface area contributed by atoms with Crippen LogP contribution in [0.25, 0.3) is 10.9 Å². The Morgan fingerprint density at radius 1 is 1.00 bits per heavy atom. The van der Waals surface area contributed by atoms with Crippen molar-refractivity contribution in [3.8, 4) is 23.0 Å². The molecule has 2 aliphatic heterocycles. The summed E-state index contributed by atoms with van der Waals surface area (Å²) >= 11 is 0. The number of hydrogen-bond donors (Lipinski definition) is 1. The van der Waals surface area contributed by atoms with Gasteiger partial charge in [-0.3, -0.25) is 9.59 Å². The van der Waals surface area contributed by atoms with Crippen molar-refractivity contribution in [2.45, 2.75) is 33.2 Å². The quantitative estimate of drug-likeness (QED) is 0.634. The molecule has 0 saturated heterocycles. The molecular formula is C26H28N2O6. The second kappa shape index (κ2) is 7.97. The molecule has 0 aliphatic carbocycles. The first-order valence-corrected chi connectivity index (χ1v) is 11.2. The minimum Gasteiger partial charge on any atom is -0.493 e. The summed E-state index contributed by atoms with van der Waals surface area (Å²) < 4.78 is 22.0. The molecule has 3 heterocycles. The molecular weight excluding hydrogens is 436 g/mol. The van der Waals surface area contributed by atoms with Crippen LogP contribution in [0, 0.1) is 5.41 Å². The molecule has 1 atom stereocenters. The van der Waals surface area contributed by atoms with Crippen LogP contribution in [0.4, 0.5) is 0 Å². The average molecular weight is 465 g/mol. The number of pyridine rings is 1. The smallest absolute Gasteiger partial charge is 0.254 e. The van der Waals surface area contributed by atoms with Gasteiger partial charge in [-0.2, -0.15) is 0 Å². The zero-order chi connectivity index (χ0) is 24.2. The number of nitrogens with zero attached hydrogens (tertiary/aromatic N) is 1. The number of aromatic amines is 1. The summed E-state index contributed by atoms with van der Waals surface area (Å²) in [6.45, 7) is 6.31. The molecule has 2 aromatic carbocycles. The molecule has 3 aromatic rings. The van der Waals surface area contributed by atoms with Gasteiger partial charge in [0.15, 0.2) is 23.0 Å². The zero-order valence-electron chi connectivity index (χ0n) is 20.0. The Morgan fingerprint density at radius 3 is 2.35 bits per heavy atom. The van der Waals surface area contributed by atoms with Crippen LogP contribution in [0.2, 0.25) is 0 Å². The summed E-state index contributed by atoms with van der Waals surface area (Å²) in [5.74, 6) is 2.37. The lowest BCUT2D eigenvalue weighted by molar-refractivity contribution is -0.141. The lowest BCUT2D eigenvalue weighted by atomic mass is 9.85. The highest BCUT2D eigenvalue weighted by Gasteiger charge is 2.39. The number of fused-ring (bicyclic) bond motifs is 3. The number of nitrogens with one attached hydrogen (secondary N) is 1. The number of carbonyl (C=O) groups is 1. The van der Waals surface area contributed by atoms with Crippen molar-refractivity contribution in [2.24, 2.45) is 5.41 Å². The molecule has 0 radical (unpaired) electrons. The molecule has 1 aromatic heterocycles. The summed E-state index contributed by atoms with van der Waals surface area (Å²) in [5, 5.41) is 0.801.